The van der Waals surface area contributed by atoms with Crippen molar-refractivity contribution in [1.82, 2.24) is 0 Å². The lowest BCUT2D eigenvalue weighted by molar-refractivity contribution is 0.0710. The Labute approximate surface area is 162 Å². The Morgan fingerprint density at radius 3 is 1.27 bits per heavy atom. The molecule has 0 aromatic heterocycles. The Balaban J connectivity index is 0. The second-order valence-electron chi connectivity index (χ2n) is 5.42. The Morgan fingerprint density at radius 2 is 0.962 bits per heavy atom. The standard InChI is InChI=1S/C9H23NO3Si.C7H19NO3Si/c1-4-11-14(12-5-2,13-6-3)9-7-8-10;1-9-12(10-2,11-3)7-5-4-6-8/h4-10H2,1-3H3;4-8H2,1-3H3. The van der Waals surface area contributed by atoms with Crippen molar-refractivity contribution in [2.24, 2.45) is 11.5 Å². The molecule has 0 atom stereocenters. The molecule has 0 aliphatic carbocycles. The van der Waals surface area contributed by atoms with Crippen molar-refractivity contribution < 1.29 is 26.6 Å². The Bertz CT molecular complexity index is 275. The van der Waals surface area contributed by atoms with Crippen molar-refractivity contribution in [2.75, 3.05) is 54.2 Å². The maximum Gasteiger partial charge on any atom is 0.500 e. The van der Waals surface area contributed by atoms with Crippen LogP contribution in [0.4, 0.5) is 0 Å². The molecule has 0 saturated heterocycles. The van der Waals surface area contributed by atoms with Gasteiger partial charge in [-0.05, 0) is 53.1 Å². The fraction of sp³-hybridized carbons (Fsp3) is 1.00. The molecule has 0 amide bonds. The average Bonchev–Trinajstić information content (AvgIpc) is 2.65. The van der Waals surface area contributed by atoms with Gasteiger partial charge in [0.05, 0.1) is 0 Å². The first kappa shape index (κ1) is 28.3. The van der Waals surface area contributed by atoms with Crippen LogP contribution in [0.3, 0.4) is 0 Å². The number of hydrogen-bond acceptors (Lipinski definition) is 8. The van der Waals surface area contributed by atoms with E-state index in [0.29, 0.717) is 32.9 Å². The monoisotopic (exact) mass is 414 g/mol. The normalized spacial score (nSPS) is 12.0. The Kier molecular flexibility index (Phi) is 20.1. The van der Waals surface area contributed by atoms with E-state index in [0.717, 1.165) is 31.4 Å². The van der Waals surface area contributed by atoms with E-state index < -0.39 is 17.6 Å². The van der Waals surface area contributed by atoms with Gasteiger partial charge in [0.1, 0.15) is 0 Å². The second kappa shape index (κ2) is 18.5. The minimum atomic E-state index is -2.40. The summed E-state index contributed by atoms with van der Waals surface area (Å²) in [6.07, 6.45) is 2.88. The van der Waals surface area contributed by atoms with Crippen LogP contribution in [0.1, 0.15) is 40.0 Å². The minimum Gasteiger partial charge on any atom is -0.377 e. The first-order chi connectivity index (χ1) is 12.5. The highest BCUT2D eigenvalue weighted by Crippen LogP contribution is 2.17. The van der Waals surface area contributed by atoms with Crippen molar-refractivity contribution in [3.05, 3.63) is 0 Å². The van der Waals surface area contributed by atoms with E-state index in [1.165, 1.54) is 0 Å². The van der Waals surface area contributed by atoms with Crippen LogP contribution in [0, 0.1) is 0 Å². The Morgan fingerprint density at radius 1 is 0.577 bits per heavy atom. The smallest absolute Gasteiger partial charge is 0.377 e. The molecule has 0 aliphatic heterocycles. The third kappa shape index (κ3) is 12.5. The van der Waals surface area contributed by atoms with Gasteiger partial charge in [-0.15, -0.1) is 0 Å². The molecule has 0 saturated carbocycles. The fourth-order valence-electron chi connectivity index (χ4n) is 2.36. The summed E-state index contributed by atoms with van der Waals surface area (Å²) >= 11 is 0. The van der Waals surface area contributed by atoms with Gasteiger partial charge in [0.25, 0.3) is 0 Å². The first-order valence-corrected chi connectivity index (χ1v) is 13.3. The fourth-order valence-corrected chi connectivity index (χ4v) is 6.80. The molecule has 0 radical (unpaired) electrons. The van der Waals surface area contributed by atoms with Crippen LogP contribution < -0.4 is 11.5 Å². The molecule has 0 bridgehead atoms. The summed E-state index contributed by atoms with van der Waals surface area (Å²) in [6, 6.07) is 1.66. The highest BCUT2D eigenvalue weighted by molar-refractivity contribution is 6.61. The predicted molar refractivity (Wildman–Crippen MR) is 109 cm³/mol. The lowest BCUT2D eigenvalue weighted by Crippen LogP contribution is -2.46. The SMILES string of the molecule is CCO[Si](CCCN)(OCC)OCC.CO[Si](CCCCN)(OC)OC. The molecule has 0 unspecified atom stereocenters. The highest BCUT2D eigenvalue weighted by atomic mass is 28.4. The van der Waals surface area contributed by atoms with Crippen LogP contribution in [0.15, 0.2) is 0 Å². The number of nitrogens with two attached hydrogens (primary N) is 2. The quantitative estimate of drug-likeness (QED) is 0.292. The van der Waals surface area contributed by atoms with Crippen molar-refractivity contribution in [2.45, 2.75) is 52.1 Å². The third-order valence-electron chi connectivity index (χ3n) is 3.65. The molecular weight excluding hydrogens is 372 g/mol. The topological polar surface area (TPSA) is 107 Å². The summed E-state index contributed by atoms with van der Waals surface area (Å²) in [7, 11) is 0.173. The van der Waals surface area contributed by atoms with Crippen molar-refractivity contribution in [3.63, 3.8) is 0 Å². The number of rotatable bonds is 16. The second-order valence-corrected chi connectivity index (χ2v) is 11.2. The van der Waals surface area contributed by atoms with Gasteiger partial charge in [-0.1, -0.05) is 0 Å². The molecule has 10 heteroatoms. The molecule has 4 N–H and O–H groups in total. The molecule has 160 valence electrons. The van der Waals surface area contributed by atoms with E-state index in [-0.39, 0.29) is 0 Å². The summed E-state index contributed by atoms with van der Waals surface area (Å²) < 4.78 is 32.7. The molecule has 8 nitrogen and oxygen atoms in total. The zero-order chi connectivity index (χ0) is 20.3. The molecule has 0 aliphatic rings. The molecule has 0 heterocycles. The minimum absolute atomic E-state index is 0.636. The summed E-state index contributed by atoms with van der Waals surface area (Å²) in [5.41, 5.74) is 10.9. The van der Waals surface area contributed by atoms with Crippen LogP contribution in [0.2, 0.25) is 12.1 Å². The largest absolute Gasteiger partial charge is 0.500 e. The summed E-state index contributed by atoms with van der Waals surface area (Å²) in [4.78, 5) is 0. The average molecular weight is 415 g/mol. The van der Waals surface area contributed by atoms with E-state index in [9.17, 15) is 0 Å². The van der Waals surface area contributed by atoms with Gasteiger partial charge >= 0.3 is 17.6 Å². The zero-order valence-corrected chi connectivity index (χ0v) is 19.7. The first-order valence-electron chi connectivity index (χ1n) is 9.46. The van der Waals surface area contributed by atoms with E-state index in [2.05, 4.69) is 0 Å². The molecule has 0 spiro atoms. The maximum atomic E-state index is 5.65. The Hall–Kier alpha value is 0.114. The van der Waals surface area contributed by atoms with Crippen molar-refractivity contribution in [1.29, 1.82) is 0 Å². The van der Waals surface area contributed by atoms with E-state index in [4.69, 9.17) is 38.0 Å². The van der Waals surface area contributed by atoms with E-state index in [1.807, 2.05) is 20.8 Å². The maximum absolute atomic E-state index is 5.65. The van der Waals surface area contributed by atoms with Crippen LogP contribution >= 0.6 is 0 Å². The van der Waals surface area contributed by atoms with Crippen LogP contribution in [-0.2, 0) is 26.6 Å². The van der Waals surface area contributed by atoms with E-state index >= 15 is 0 Å². The van der Waals surface area contributed by atoms with Gasteiger partial charge in [0.2, 0.25) is 0 Å². The van der Waals surface area contributed by atoms with E-state index in [1.54, 1.807) is 21.3 Å². The van der Waals surface area contributed by atoms with Gasteiger partial charge in [-0.2, -0.15) is 0 Å². The van der Waals surface area contributed by atoms with Crippen LogP contribution in [0.5, 0.6) is 0 Å². The summed E-state index contributed by atoms with van der Waals surface area (Å²) in [5, 5.41) is 0. The lowest BCUT2D eigenvalue weighted by atomic mass is 10.3. The number of unbranched alkanes of at least 4 members (excludes halogenated alkanes) is 1. The van der Waals surface area contributed by atoms with Gasteiger partial charge in [0.15, 0.2) is 0 Å². The van der Waals surface area contributed by atoms with Gasteiger partial charge in [-0.3, -0.25) is 0 Å². The predicted octanol–water partition coefficient (Wildman–Crippen LogP) is 1.99. The lowest BCUT2D eigenvalue weighted by Gasteiger charge is -2.28. The summed E-state index contributed by atoms with van der Waals surface area (Å²) in [5.74, 6) is 0. The van der Waals surface area contributed by atoms with Crippen molar-refractivity contribution in [3.8, 4) is 0 Å². The molecule has 26 heavy (non-hydrogen) atoms. The molecule has 0 aromatic carbocycles. The highest BCUT2D eigenvalue weighted by Gasteiger charge is 2.39. The molecule has 0 aromatic rings. The van der Waals surface area contributed by atoms with Crippen molar-refractivity contribution >= 4 is 17.6 Å². The molecule has 0 fully saturated rings. The van der Waals surface area contributed by atoms with Gasteiger partial charge in [-0.25, -0.2) is 0 Å². The molecule has 0 rings (SSSR count). The summed E-state index contributed by atoms with van der Waals surface area (Å²) in [6.45, 7) is 9.15. The van der Waals surface area contributed by atoms with Gasteiger partial charge in [0, 0.05) is 53.2 Å². The third-order valence-corrected chi connectivity index (χ3v) is 9.63. The number of hydrogen-bond donors (Lipinski definition) is 2. The molecular formula is C16H42N2O6Si2. The van der Waals surface area contributed by atoms with Crippen LogP contribution in [-0.4, -0.2) is 71.8 Å². The van der Waals surface area contributed by atoms with Gasteiger partial charge < -0.3 is 38.0 Å². The van der Waals surface area contributed by atoms with Crippen LogP contribution in [0.25, 0.3) is 0 Å². The zero-order valence-electron chi connectivity index (χ0n) is 17.7.